The van der Waals surface area contributed by atoms with E-state index >= 15 is 0 Å². The number of likely N-dealkylation sites (tertiary alicyclic amines) is 1. The minimum absolute atomic E-state index is 0.0509. The van der Waals surface area contributed by atoms with Gasteiger partial charge in [0.2, 0.25) is 5.91 Å². The Balaban J connectivity index is 1.25. The van der Waals surface area contributed by atoms with Crippen LogP contribution in [0.15, 0.2) is 24.0 Å². The Morgan fingerprint density at radius 1 is 1.29 bits per heavy atom. The number of likely N-dealkylation sites (N-methyl/N-ethyl adjacent to an activating group) is 1. The van der Waals surface area contributed by atoms with E-state index in [2.05, 4.69) is 10.2 Å². The first-order valence-electron chi connectivity index (χ1n) is 14.3. The number of amides is 1. The van der Waals surface area contributed by atoms with Gasteiger partial charge in [0.15, 0.2) is 18.5 Å². The fourth-order valence-electron chi connectivity index (χ4n) is 6.98. The summed E-state index contributed by atoms with van der Waals surface area (Å²) >= 11 is 0. The second-order valence-corrected chi connectivity index (χ2v) is 11.7. The van der Waals surface area contributed by atoms with E-state index in [-0.39, 0.29) is 49.8 Å². The number of nitrogens with one attached hydrogen (secondary N) is 1. The molecule has 2 heterocycles. The number of hydrogen-bond donors (Lipinski definition) is 3. The Bertz CT molecular complexity index is 1360. The van der Waals surface area contributed by atoms with Gasteiger partial charge in [-0.3, -0.25) is 14.4 Å². The van der Waals surface area contributed by atoms with Crippen LogP contribution in [0.1, 0.15) is 67.4 Å². The zero-order chi connectivity index (χ0) is 30.4. The number of ketones is 1. The Kier molecular flexibility index (Phi) is 7.99. The summed E-state index contributed by atoms with van der Waals surface area (Å²) in [5.41, 5.74) is 5.83. The first kappa shape index (κ1) is 29.9. The third kappa shape index (κ3) is 4.81. The van der Waals surface area contributed by atoms with Crippen molar-refractivity contribution in [3.63, 3.8) is 0 Å². The van der Waals surface area contributed by atoms with Crippen molar-refractivity contribution in [1.29, 1.82) is 0 Å². The van der Waals surface area contributed by atoms with Gasteiger partial charge in [0.1, 0.15) is 17.3 Å². The molecule has 0 saturated carbocycles. The molecule has 6 atom stereocenters. The van der Waals surface area contributed by atoms with Crippen LogP contribution < -0.4 is 15.8 Å². The van der Waals surface area contributed by atoms with E-state index in [4.69, 9.17) is 19.9 Å². The van der Waals surface area contributed by atoms with Crippen LogP contribution in [0.2, 0.25) is 0 Å². The van der Waals surface area contributed by atoms with E-state index in [0.29, 0.717) is 30.7 Å². The summed E-state index contributed by atoms with van der Waals surface area (Å²) in [4.78, 5) is 62.6. The summed E-state index contributed by atoms with van der Waals surface area (Å²) < 4.78 is 17.4. The number of esters is 2. The number of benzene rings is 1. The van der Waals surface area contributed by atoms with Crippen LogP contribution in [-0.4, -0.2) is 90.0 Å². The normalized spacial score (nSPS) is 28.4. The van der Waals surface area contributed by atoms with Crippen LogP contribution >= 0.6 is 0 Å². The number of Topliss-reactive ketones (excluding diaryl/α,β-unsaturated/α-hetero) is 1. The predicted octanol–water partition coefficient (Wildman–Crippen LogP) is 0.455. The zero-order valence-corrected chi connectivity index (χ0v) is 24.0. The highest BCUT2D eigenvalue weighted by Gasteiger charge is 2.72. The molecular weight excluding hydrogens is 546 g/mol. The number of aliphatic hydroxyl groups is 1. The minimum Gasteiger partial charge on any atom is -0.480 e. The summed E-state index contributed by atoms with van der Waals surface area (Å²) in [5.74, 6) is -1.47. The SMILES string of the molecule is CC(=O)CC[C@H](N)C(=O)NCCC(=O)O[C@@H](C)C(=O)OC1=CC[C@@]2(O)[C@H]3Cc4ccc(C=O)c5c4[C@@]2(CCN3C)[C@H]1O5. The van der Waals surface area contributed by atoms with E-state index in [1.807, 2.05) is 13.1 Å². The highest BCUT2D eigenvalue weighted by molar-refractivity contribution is 5.85. The van der Waals surface area contributed by atoms with E-state index < -0.39 is 47.1 Å². The lowest BCUT2D eigenvalue weighted by molar-refractivity contribution is -0.175. The van der Waals surface area contributed by atoms with Gasteiger partial charge in [-0.1, -0.05) is 6.07 Å². The number of carbonyl (C=O) groups is 5. The lowest BCUT2D eigenvalue weighted by atomic mass is 9.50. The number of nitrogens with two attached hydrogens (primary N) is 1. The topological polar surface area (TPSA) is 175 Å². The molecule has 226 valence electrons. The second-order valence-electron chi connectivity index (χ2n) is 11.7. The first-order valence-corrected chi connectivity index (χ1v) is 14.3. The molecule has 2 bridgehead atoms. The van der Waals surface area contributed by atoms with Crippen molar-refractivity contribution < 1.29 is 43.3 Å². The molecule has 1 saturated heterocycles. The number of aldehydes is 1. The molecule has 1 spiro atoms. The molecule has 5 rings (SSSR count). The molecule has 2 aliphatic carbocycles. The van der Waals surface area contributed by atoms with Gasteiger partial charge in [0, 0.05) is 31.0 Å². The highest BCUT2D eigenvalue weighted by Crippen LogP contribution is 2.64. The average Bonchev–Trinajstić information content (AvgIpc) is 3.30. The number of hydrogen-bond acceptors (Lipinski definition) is 11. The molecule has 1 aromatic rings. The Morgan fingerprint density at radius 2 is 2.05 bits per heavy atom. The third-order valence-corrected chi connectivity index (χ3v) is 9.16. The van der Waals surface area contributed by atoms with Crippen LogP contribution in [-0.2, 0) is 40.5 Å². The molecule has 4 aliphatic rings. The number of piperidine rings is 1. The molecule has 0 unspecified atom stereocenters. The largest absolute Gasteiger partial charge is 0.480 e. The van der Waals surface area contributed by atoms with Gasteiger partial charge in [-0.2, -0.15) is 0 Å². The van der Waals surface area contributed by atoms with Gasteiger partial charge < -0.3 is 40.1 Å². The summed E-state index contributed by atoms with van der Waals surface area (Å²) in [7, 11) is 1.98. The Hall–Kier alpha value is -3.61. The number of nitrogens with zero attached hydrogens (tertiary/aromatic N) is 1. The number of ether oxygens (including phenoxy) is 3. The van der Waals surface area contributed by atoms with Crippen molar-refractivity contribution in [2.24, 2.45) is 5.73 Å². The van der Waals surface area contributed by atoms with E-state index in [1.54, 1.807) is 12.1 Å². The number of rotatable bonds is 11. The van der Waals surface area contributed by atoms with Gasteiger partial charge in [-0.05, 0) is 64.4 Å². The molecule has 2 aliphatic heterocycles. The maximum absolute atomic E-state index is 13.1. The zero-order valence-electron chi connectivity index (χ0n) is 24.0. The van der Waals surface area contributed by atoms with Crippen LogP contribution in [0, 0.1) is 0 Å². The molecular formula is C30H37N3O9. The molecule has 1 fully saturated rings. The van der Waals surface area contributed by atoms with Crippen LogP contribution in [0.25, 0.3) is 0 Å². The minimum atomic E-state index is -1.26. The number of carbonyl (C=O) groups excluding carboxylic acids is 5. The standard InChI is InChI=1S/C30H37N3O9/c1-16(35)4-7-20(31)27(37)32-12-9-23(36)40-17(2)28(38)41-21-8-10-30(39)22-14-18-5-6-19(15-34)25-24(18)29(30,26(21)42-25)11-13-33(22)3/h5-6,8,15,17,20,22,26,39H,4,7,9-14,31H2,1-3H3,(H,32,37)/t17-,20-,22+,26-,29-,30+/m0/s1. The third-order valence-electron chi connectivity index (χ3n) is 9.16. The van der Waals surface area contributed by atoms with Gasteiger partial charge in [-0.25, -0.2) is 4.79 Å². The monoisotopic (exact) mass is 583 g/mol. The molecule has 12 nitrogen and oxygen atoms in total. The van der Waals surface area contributed by atoms with Crippen LogP contribution in [0.4, 0.5) is 0 Å². The van der Waals surface area contributed by atoms with Crippen molar-refractivity contribution in [3.05, 3.63) is 40.7 Å². The van der Waals surface area contributed by atoms with Crippen molar-refractivity contribution in [3.8, 4) is 5.75 Å². The van der Waals surface area contributed by atoms with Gasteiger partial charge in [-0.15, -0.1) is 0 Å². The van der Waals surface area contributed by atoms with E-state index in [0.717, 1.165) is 17.4 Å². The van der Waals surface area contributed by atoms with Crippen molar-refractivity contribution >= 4 is 29.9 Å². The quantitative estimate of drug-likeness (QED) is 0.244. The van der Waals surface area contributed by atoms with Crippen LogP contribution in [0.3, 0.4) is 0 Å². The molecule has 4 N–H and O–H groups in total. The summed E-state index contributed by atoms with van der Waals surface area (Å²) in [6.45, 7) is 3.43. The van der Waals surface area contributed by atoms with E-state index in [1.165, 1.54) is 13.8 Å². The van der Waals surface area contributed by atoms with Gasteiger partial charge >= 0.3 is 11.9 Å². The highest BCUT2D eigenvalue weighted by atomic mass is 16.6. The summed E-state index contributed by atoms with van der Waals surface area (Å²) in [6.07, 6.45) is 1.83. The first-order chi connectivity index (χ1) is 19.9. The van der Waals surface area contributed by atoms with Gasteiger partial charge in [0.05, 0.1) is 29.0 Å². The van der Waals surface area contributed by atoms with Crippen molar-refractivity contribution in [1.82, 2.24) is 10.2 Å². The van der Waals surface area contributed by atoms with Crippen LogP contribution in [0.5, 0.6) is 5.75 Å². The van der Waals surface area contributed by atoms with E-state index in [9.17, 15) is 29.1 Å². The maximum Gasteiger partial charge on any atom is 0.352 e. The Morgan fingerprint density at radius 3 is 2.76 bits per heavy atom. The second kappa shape index (κ2) is 11.2. The summed E-state index contributed by atoms with van der Waals surface area (Å²) in [6, 6.07) is 2.58. The molecule has 12 heteroatoms. The molecule has 1 amide bonds. The molecule has 0 aromatic heterocycles. The lowest BCUT2D eigenvalue weighted by Crippen LogP contribution is -2.74. The van der Waals surface area contributed by atoms with Crippen molar-refractivity contribution in [2.45, 2.75) is 87.7 Å². The average molecular weight is 584 g/mol. The van der Waals surface area contributed by atoms with Gasteiger partial charge in [0.25, 0.3) is 0 Å². The predicted molar refractivity (Wildman–Crippen MR) is 147 cm³/mol. The van der Waals surface area contributed by atoms with Crippen molar-refractivity contribution in [2.75, 3.05) is 20.1 Å². The smallest absolute Gasteiger partial charge is 0.352 e. The fourth-order valence-corrected chi connectivity index (χ4v) is 6.98. The molecule has 0 radical (unpaired) electrons. The molecule has 1 aromatic carbocycles. The molecule has 42 heavy (non-hydrogen) atoms. The summed E-state index contributed by atoms with van der Waals surface area (Å²) in [5, 5.41) is 14.7. The fraction of sp³-hybridized carbons (Fsp3) is 0.567. The maximum atomic E-state index is 13.1. The lowest BCUT2D eigenvalue weighted by Gasteiger charge is -2.61. The Labute approximate surface area is 243 Å².